The van der Waals surface area contributed by atoms with Crippen molar-refractivity contribution in [2.45, 2.75) is 13.8 Å². The molecule has 0 heterocycles. The van der Waals surface area contributed by atoms with Gasteiger partial charge in [-0.15, -0.1) is 0 Å². The van der Waals surface area contributed by atoms with E-state index in [2.05, 4.69) is 23.8 Å². The van der Waals surface area contributed by atoms with Crippen molar-refractivity contribution in [1.29, 1.82) is 0 Å². The molecule has 0 fully saturated rings. The Kier molecular flexibility index (Phi) is 7.32. The Hall–Kier alpha value is -1.81. The van der Waals surface area contributed by atoms with Gasteiger partial charge in [-0.1, -0.05) is 50.2 Å². The van der Waals surface area contributed by atoms with E-state index >= 15 is 0 Å². The van der Waals surface area contributed by atoms with Gasteiger partial charge in [0.15, 0.2) is 0 Å². The summed E-state index contributed by atoms with van der Waals surface area (Å²) in [6, 6.07) is 18.1. The van der Waals surface area contributed by atoms with Crippen molar-refractivity contribution in [1.82, 2.24) is 9.99 Å². The molecule has 2 aromatic rings. The molecule has 6 heteroatoms. The highest BCUT2D eigenvalue weighted by Gasteiger charge is 2.28. The summed E-state index contributed by atoms with van der Waals surface area (Å²) in [5, 5.41) is 2.96. The number of nitrogens with zero attached hydrogens (tertiary/aromatic N) is 1. The number of para-hydroxylation sites is 2. The van der Waals surface area contributed by atoms with Crippen LogP contribution in [0, 0.1) is 0 Å². The molecule has 24 heavy (non-hydrogen) atoms. The van der Waals surface area contributed by atoms with Crippen LogP contribution in [0.3, 0.4) is 0 Å². The first-order chi connectivity index (χ1) is 11.6. The van der Waals surface area contributed by atoms with Crippen LogP contribution in [0.15, 0.2) is 60.7 Å². The van der Waals surface area contributed by atoms with Crippen molar-refractivity contribution in [3.05, 3.63) is 60.7 Å². The van der Waals surface area contributed by atoms with Crippen LogP contribution in [0.25, 0.3) is 0 Å². The van der Waals surface area contributed by atoms with Crippen molar-refractivity contribution in [2.24, 2.45) is 0 Å². The van der Waals surface area contributed by atoms with E-state index in [9.17, 15) is 4.57 Å². The number of rotatable bonds is 10. The third kappa shape index (κ3) is 6.00. The van der Waals surface area contributed by atoms with Crippen LogP contribution >= 0.6 is 7.75 Å². The standard InChI is InChI=1S/C18H25N2O3P/c1-3-20(4-2)16-15-19-24(21,22-17-11-7-5-8-12-17)23-18-13-9-6-10-14-18/h5-14H,3-4,15-16H2,1-2H3,(H,19,21). The van der Waals surface area contributed by atoms with Crippen molar-refractivity contribution in [2.75, 3.05) is 26.2 Å². The molecule has 0 radical (unpaired) electrons. The van der Waals surface area contributed by atoms with Crippen LogP contribution in [0.2, 0.25) is 0 Å². The zero-order valence-corrected chi connectivity index (χ0v) is 15.1. The van der Waals surface area contributed by atoms with Crippen LogP contribution in [0.1, 0.15) is 13.8 Å². The molecule has 0 aliphatic carbocycles. The molecule has 0 aliphatic rings. The maximum Gasteiger partial charge on any atom is 0.512 e. The molecule has 0 saturated carbocycles. The maximum absolute atomic E-state index is 13.1. The molecule has 0 saturated heterocycles. The second-order valence-corrected chi connectivity index (χ2v) is 6.92. The quantitative estimate of drug-likeness (QED) is 0.653. The van der Waals surface area contributed by atoms with E-state index in [-0.39, 0.29) is 0 Å². The second kappa shape index (κ2) is 9.48. The largest absolute Gasteiger partial charge is 0.512 e. The molecule has 0 aromatic heterocycles. The van der Waals surface area contributed by atoms with Crippen molar-refractivity contribution >= 4 is 7.75 Å². The molecule has 5 nitrogen and oxygen atoms in total. The second-order valence-electron chi connectivity index (χ2n) is 5.24. The first-order valence-corrected chi connectivity index (χ1v) is 9.76. The van der Waals surface area contributed by atoms with E-state index in [1.165, 1.54) is 0 Å². The fourth-order valence-electron chi connectivity index (χ4n) is 2.21. The third-order valence-corrected chi connectivity index (χ3v) is 5.08. The Morgan fingerprint density at radius 1 is 0.875 bits per heavy atom. The molecule has 0 spiro atoms. The zero-order valence-electron chi connectivity index (χ0n) is 14.2. The number of hydrogen-bond acceptors (Lipinski definition) is 4. The van der Waals surface area contributed by atoms with Crippen LogP contribution in [-0.4, -0.2) is 31.1 Å². The van der Waals surface area contributed by atoms with Crippen molar-refractivity contribution < 1.29 is 13.6 Å². The van der Waals surface area contributed by atoms with Crippen molar-refractivity contribution in [3.8, 4) is 11.5 Å². The summed E-state index contributed by atoms with van der Waals surface area (Å²) < 4.78 is 24.5. The summed E-state index contributed by atoms with van der Waals surface area (Å²) >= 11 is 0. The van der Waals surface area contributed by atoms with Gasteiger partial charge in [0, 0.05) is 13.1 Å². The van der Waals surface area contributed by atoms with Gasteiger partial charge < -0.3 is 13.9 Å². The first kappa shape index (κ1) is 18.5. The monoisotopic (exact) mass is 348 g/mol. The Labute approximate surface area is 144 Å². The molecular formula is C18H25N2O3P. The minimum atomic E-state index is -3.52. The number of nitrogens with one attached hydrogen (secondary N) is 1. The number of benzene rings is 2. The van der Waals surface area contributed by atoms with Gasteiger partial charge in [0.1, 0.15) is 11.5 Å². The van der Waals surface area contributed by atoms with E-state index < -0.39 is 7.75 Å². The predicted octanol–water partition coefficient (Wildman–Crippen LogP) is 4.18. The van der Waals surface area contributed by atoms with Gasteiger partial charge in [0.2, 0.25) is 0 Å². The summed E-state index contributed by atoms with van der Waals surface area (Å²) in [7, 11) is -3.52. The molecule has 0 amide bonds. The Balaban J connectivity index is 2.07. The highest BCUT2D eigenvalue weighted by atomic mass is 31.2. The number of hydrogen-bond donors (Lipinski definition) is 1. The van der Waals surface area contributed by atoms with Crippen molar-refractivity contribution in [3.63, 3.8) is 0 Å². The SMILES string of the molecule is CCN(CC)CCNP(=O)(Oc1ccccc1)Oc1ccccc1. The topological polar surface area (TPSA) is 50.8 Å². The van der Waals surface area contributed by atoms with Crippen LogP contribution in [0.4, 0.5) is 0 Å². The molecule has 2 rings (SSSR count). The van der Waals surface area contributed by atoms with E-state index in [4.69, 9.17) is 9.05 Å². The molecule has 0 atom stereocenters. The predicted molar refractivity (Wildman–Crippen MR) is 97.5 cm³/mol. The van der Waals surface area contributed by atoms with Gasteiger partial charge in [0.05, 0.1) is 0 Å². The average Bonchev–Trinajstić information content (AvgIpc) is 2.60. The summed E-state index contributed by atoms with van der Waals surface area (Å²) in [4.78, 5) is 2.24. The van der Waals surface area contributed by atoms with Gasteiger partial charge >= 0.3 is 7.75 Å². The lowest BCUT2D eigenvalue weighted by Gasteiger charge is -2.23. The van der Waals surface area contributed by atoms with E-state index in [1.54, 1.807) is 24.3 Å². The zero-order chi connectivity index (χ0) is 17.3. The lowest BCUT2D eigenvalue weighted by molar-refractivity contribution is 0.301. The van der Waals surface area contributed by atoms with Gasteiger partial charge in [-0.05, 0) is 37.4 Å². The van der Waals surface area contributed by atoms with Gasteiger partial charge in [-0.25, -0.2) is 4.57 Å². The smallest absolute Gasteiger partial charge is 0.405 e. The minimum Gasteiger partial charge on any atom is -0.405 e. The summed E-state index contributed by atoms with van der Waals surface area (Å²) in [5.41, 5.74) is 0. The van der Waals surface area contributed by atoms with Crippen LogP contribution < -0.4 is 14.1 Å². The first-order valence-electron chi connectivity index (χ1n) is 8.22. The summed E-state index contributed by atoms with van der Waals surface area (Å²) in [6.07, 6.45) is 0. The highest BCUT2D eigenvalue weighted by Crippen LogP contribution is 2.44. The normalized spacial score (nSPS) is 11.5. The molecule has 0 bridgehead atoms. The van der Waals surface area contributed by atoms with E-state index in [0.29, 0.717) is 18.0 Å². The lowest BCUT2D eigenvalue weighted by Crippen LogP contribution is -2.32. The molecule has 1 N–H and O–H groups in total. The Morgan fingerprint density at radius 2 is 1.33 bits per heavy atom. The third-order valence-electron chi connectivity index (χ3n) is 3.57. The van der Waals surface area contributed by atoms with Gasteiger partial charge in [-0.3, -0.25) is 0 Å². The molecule has 0 aliphatic heterocycles. The molecular weight excluding hydrogens is 323 g/mol. The van der Waals surface area contributed by atoms with E-state index in [1.807, 2.05) is 36.4 Å². The van der Waals surface area contributed by atoms with Gasteiger partial charge in [0.25, 0.3) is 0 Å². The average molecular weight is 348 g/mol. The Morgan fingerprint density at radius 3 is 1.75 bits per heavy atom. The van der Waals surface area contributed by atoms with Gasteiger partial charge in [-0.2, -0.15) is 5.09 Å². The number of likely N-dealkylation sites (N-methyl/N-ethyl adjacent to an activating group) is 1. The summed E-state index contributed by atoms with van der Waals surface area (Å²) in [6.45, 7) is 7.38. The highest BCUT2D eigenvalue weighted by molar-refractivity contribution is 7.52. The summed E-state index contributed by atoms with van der Waals surface area (Å²) in [5.74, 6) is 1.01. The Bertz CT molecular complexity index is 588. The van der Waals surface area contributed by atoms with Crippen LogP contribution in [-0.2, 0) is 4.57 Å². The molecule has 2 aromatic carbocycles. The molecule has 0 unspecified atom stereocenters. The van der Waals surface area contributed by atoms with E-state index in [0.717, 1.165) is 19.6 Å². The fraction of sp³-hybridized carbons (Fsp3) is 0.333. The molecule has 130 valence electrons. The lowest BCUT2D eigenvalue weighted by atomic mass is 10.3. The minimum absolute atomic E-state index is 0.507. The maximum atomic E-state index is 13.1. The fourth-order valence-corrected chi connectivity index (χ4v) is 3.55. The van der Waals surface area contributed by atoms with Crippen LogP contribution in [0.5, 0.6) is 11.5 Å².